The van der Waals surface area contributed by atoms with Crippen LogP contribution in [0.4, 0.5) is 0 Å². The summed E-state index contributed by atoms with van der Waals surface area (Å²) in [5, 5.41) is 38.1. The normalized spacial score (nSPS) is 10.9. The second-order valence-electron chi connectivity index (χ2n) is 13.3. The van der Waals surface area contributed by atoms with Crippen LogP contribution < -0.4 is 14.2 Å². The lowest BCUT2D eigenvalue weighted by Gasteiger charge is -2.17. The molecule has 0 saturated heterocycles. The molecule has 0 bridgehead atoms. The van der Waals surface area contributed by atoms with Crippen LogP contribution in [0.2, 0.25) is 0 Å². The molecule has 7 aromatic carbocycles. The van der Waals surface area contributed by atoms with Gasteiger partial charge in [0.05, 0.1) is 15.8 Å². The summed E-state index contributed by atoms with van der Waals surface area (Å²) in [5.41, 5.74) is 0. The largest absolute Gasteiger partial charge is 0.508 e. The van der Waals surface area contributed by atoms with Crippen molar-refractivity contribution in [1.29, 1.82) is 0 Å². The van der Waals surface area contributed by atoms with E-state index in [4.69, 9.17) is 14.2 Å². The molecule has 4 N–H and O–H groups in total. The summed E-state index contributed by atoms with van der Waals surface area (Å²) < 4.78 is 18.1. The van der Waals surface area contributed by atoms with Gasteiger partial charge in [0.1, 0.15) is 53.5 Å². The molecule has 0 aromatic heterocycles. The maximum Gasteiger partial charge on any atom is 0.119 e. The zero-order chi connectivity index (χ0) is 44.2. The van der Waals surface area contributed by atoms with E-state index < -0.39 is 0 Å². The Morgan fingerprint density at radius 3 is 1.05 bits per heavy atom. The molecule has 0 radical (unpaired) electrons. The summed E-state index contributed by atoms with van der Waals surface area (Å²) in [6, 6.07) is 52.5. The van der Waals surface area contributed by atoms with Gasteiger partial charge in [-0.3, -0.25) is 0 Å². The van der Waals surface area contributed by atoms with Gasteiger partial charge >= 0.3 is 0 Å². The van der Waals surface area contributed by atoms with E-state index in [0.717, 1.165) is 47.5 Å². The van der Waals surface area contributed by atoms with Crippen molar-refractivity contribution in [1.82, 2.24) is 0 Å². The Balaban J connectivity index is 0.000000223. The zero-order valence-corrected chi connectivity index (χ0v) is 39.9. The lowest BCUT2D eigenvalue weighted by molar-refractivity contribution is 0.337. The van der Waals surface area contributed by atoms with Crippen molar-refractivity contribution in [3.8, 4) is 40.2 Å². The minimum absolute atomic E-state index is 0.0743. The van der Waals surface area contributed by atoms with E-state index in [1.165, 1.54) is 9.79 Å². The molecule has 0 aliphatic rings. The third-order valence-corrected chi connectivity index (χ3v) is 15.5. The van der Waals surface area contributed by atoms with E-state index in [1.807, 2.05) is 97.1 Å². The number of benzene rings is 7. The maximum absolute atomic E-state index is 9.59. The highest BCUT2D eigenvalue weighted by Gasteiger charge is 2.16. The van der Waals surface area contributed by atoms with Gasteiger partial charge in [-0.15, -0.1) is 83.2 Å². The number of hydrogen-bond acceptors (Lipinski definition) is 14. The third-order valence-electron chi connectivity index (χ3n) is 8.53. The fourth-order valence-corrected chi connectivity index (χ4v) is 11.3. The van der Waals surface area contributed by atoms with E-state index >= 15 is 0 Å². The van der Waals surface area contributed by atoms with Gasteiger partial charge in [0.15, 0.2) is 0 Å². The predicted octanol–water partition coefficient (Wildman–Crippen LogP) is 14.0. The first kappa shape index (κ1) is 48.1. The van der Waals surface area contributed by atoms with Gasteiger partial charge in [-0.2, -0.15) is 0 Å². The Kier molecular flexibility index (Phi) is 19.7. The van der Waals surface area contributed by atoms with Crippen molar-refractivity contribution < 1.29 is 34.6 Å². The number of phenols is 4. The second kappa shape index (κ2) is 25.8. The smallest absolute Gasteiger partial charge is 0.119 e. The van der Waals surface area contributed by atoms with E-state index in [1.54, 1.807) is 119 Å². The summed E-state index contributed by atoms with van der Waals surface area (Å²) in [7, 11) is 0. The molecule has 0 aliphatic heterocycles. The SMILES string of the molecule is CSc1ccc(OCCSc2ccc(OCC(Sc3ccc(O)cc3)Sc3ccc(O)cc3)cc2)cc1.Oc1ccc(SC(COc2ccc(S)cc2)Sc2ccc(O)cc2)cc1. The summed E-state index contributed by atoms with van der Waals surface area (Å²) in [6.07, 6.45) is 2.06. The Labute approximate surface area is 400 Å². The van der Waals surface area contributed by atoms with Crippen molar-refractivity contribution in [3.05, 3.63) is 170 Å². The molecule has 0 saturated carbocycles. The first-order valence-electron chi connectivity index (χ1n) is 19.5. The van der Waals surface area contributed by atoms with Crippen LogP contribution in [0.3, 0.4) is 0 Å². The maximum atomic E-state index is 9.59. The van der Waals surface area contributed by atoms with Crippen molar-refractivity contribution in [3.63, 3.8) is 0 Å². The van der Waals surface area contributed by atoms with E-state index in [2.05, 4.69) is 43.2 Å². The molecule has 0 unspecified atom stereocenters. The van der Waals surface area contributed by atoms with Gasteiger partial charge < -0.3 is 34.6 Å². The quantitative estimate of drug-likeness (QED) is 0.0217. The van der Waals surface area contributed by atoms with E-state index in [-0.39, 0.29) is 32.2 Å². The van der Waals surface area contributed by atoms with Crippen LogP contribution in [0.25, 0.3) is 0 Å². The number of ether oxygens (including phenoxy) is 3. The molecule has 0 atom stereocenters. The number of aromatic hydroxyl groups is 4. The average molecular weight is 971 g/mol. The fraction of sp³-hybridized carbons (Fsp3) is 0.143. The monoisotopic (exact) mass is 970 g/mol. The Morgan fingerprint density at radius 1 is 0.397 bits per heavy atom. The molecule has 0 spiro atoms. The average Bonchev–Trinajstić information content (AvgIpc) is 3.30. The topological polar surface area (TPSA) is 109 Å². The molecule has 0 heterocycles. The molecule has 7 rings (SSSR count). The Hall–Kier alpha value is -4.41. The molecule has 63 heavy (non-hydrogen) atoms. The van der Waals surface area contributed by atoms with Crippen molar-refractivity contribution in [2.24, 2.45) is 0 Å². The third kappa shape index (κ3) is 17.6. The molecule has 7 aromatic rings. The molecule has 326 valence electrons. The molecule has 0 amide bonds. The van der Waals surface area contributed by atoms with Crippen LogP contribution in [0.15, 0.2) is 204 Å². The number of thioether (sulfide) groups is 6. The zero-order valence-electron chi connectivity index (χ0n) is 34.1. The van der Waals surface area contributed by atoms with E-state index in [9.17, 15) is 20.4 Å². The summed E-state index contributed by atoms with van der Waals surface area (Å²) in [5.74, 6) is 4.37. The fourth-order valence-electron chi connectivity index (χ4n) is 5.38. The standard InChI is InChI=1S/C29H28O4S4.C20H18O3S3/c1-34-25-14-6-23(7-15-25)32-18-19-35-26-16-8-24(9-17-26)33-20-29(36-27-10-2-21(30)3-11-27)37-28-12-4-22(31)5-13-28;21-14-1-9-18(10-2-14)25-20(26-19-11-3-15(22)4-12-19)13-23-16-5-7-17(24)8-6-16/h2-17,29-31H,18-20H2,1H3;1-12,20-22,24H,13H2. The minimum atomic E-state index is 0.0743. The molecule has 7 nitrogen and oxygen atoms in total. The second-order valence-corrected chi connectivity index (χ2v) is 21.5. The van der Waals surface area contributed by atoms with Gasteiger partial charge in [-0.25, -0.2) is 0 Å². The van der Waals surface area contributed by atoms with Gasteiger partial charge in [0.25, 0.3) is 0 Å². The number of phenolic OH excluding ortho intramolecular Hbond substituents is 4. The molecule has 0 fully saturated rings. The number of rotatable bonds is 20. The lowest BCUT2D eigenvalue weighted by Crippen LogP contribution is -2.11. The van der Waals surface area contributed by atoms with Crippen LogP contribution in [0, 0.1) is 0 Å². The lowest BCUT2D eigenvalue weighted by atomic mass is 10.3. The Morgan fingerprint density at radius 2 is 0.698 bits per heavy atom. The molecule has 14 heteroatoms. The van der Waals surface area contributed by atoms with Crippen molar-refractivity contribution in [2.45, 2.75) is 43.4 Å². The molecular formula is C49H46O7S7. The van der Waals surface area contributed by atoms with Crippen LogP contribution in [0.1, 0.15) is 0 Å². The molecular weight excluding hydrogens is 925 g/mol. The van der Waals surface area contributed by atoms with Crippen LogP contribution in [0.5, 0.6) is 40.2 Å². The van der Waals surface area contributed by atoms with Gasteiger partial charge in [0, 0.05) is 40.0 Å². The minimum Gasteiger partial charge on any atom is -0.508 e. The van der Waals surface area contributed by atoms with Crippen LogP contribution >= 0.6 is 83.2 Å². The van der Waals surface area contributed by atoms with Crippen molar-refractivity contribution >= 4 is 83.2 Å². The van der Waals surface area contributed by atoms with Gasteiger partial charge in [-0.1, -0.05) is 0 Å². The van der Waals surface area contributed by atoms with Crippen LogP contribution in [-0.2, 0) is 0 Å². The summed E-state index contributed by atoms with van der Waals surface area (Å²) in [4.78, 5) is 7.49. The van der Waals surface area contributed by atoms with Gasteiger partial charge in [-0.05, 0) is 176 Å². The number of thiol groups is 1. The summed E-state index contributed by atoms with van der Waals surface area (Å²) in [6.45, 7) is 1.64. The van der Waals surface area contributed by atoms with E-state index in [0.29, 0.717) is 19.8 Å². The van der Waals surface area contributed by atoms with Crippen molar-refractivity contribution in [2.75, 3.05) is 31.8 Å². The Bertz CT molecular complexity index is 2270. The van der Waals surface area contributed by atoms with Crippen LogP contribution in [-0.4, -0.2) is 61.4 Å². The summed E-state index contributed by atoms with van der Waals surface area (Å²) >= 11 is 14.5. The van der Waals surface area contributed by atoms with Gasteiger partial charge in [0.2, 0.25) is 0 Å². The first-order chi connectivity index (χ1) is 30.6. The first-order valence-corrected chi connectivity index (χ1v) is 25.7. The predicted molar refractivity (Wildman–Crippen MR) is 269 cm³/mol. The highest BCUT2D eigenvalue weighted by molar-refractivity contribution is 8.17. The highest BCUT2D eigenvalue weighted by atomic mass is 32.2. The number of hydrogen-bond donors (Lipinski definition) is 5. The molecule has 0 aliphatic carbocycles. The highest BCUT2D eigenvalue weighted by Crippen LogP contribution is 2.39.